The summed E-state index contributed by atoms with van der Waals surface area (Å²) in [5.74, 6) is 1.90. The van der Waals surface area contributed by atoms with Gasteiger partial charge in [0.05, 0.1) is 4.90 Å². The molecule has 0 aromatic heterocycles. The molecule has 6 heteroatoms. The molecule has 212 valence electrons. The van der Waals surface area contributed by atoms with Crippen LogP contribution in [0.1, 0.15) is 98.8 Å². The number of benzene rings is 1. The van der Waals surface area contributed by atoms with Crippen LogP contribution in [0.3, 0.4) is 0 Å². The summed E-state index contributed by atoms with van der Waals surface area (Å²) in [6, 6.07) is 8.12. The standard InChI is InChI=1S/C32H48O5S/c1-22(2)10-9-11-23(3)27-15-16-28-26-14-17-30(34)37-32(5,29(26)18-19-31(27,28)4)20-24(33)21-38(35,36)25-12-7-6-8-13-25/h6-8,12-13,22-23,26-29H,9-11,14-21H2,1-5H3/t23-,26+,27-,28+,29+,31-,32-/m1/s1. The second-order valence-corrected chi connectivity index (χ2v) is 15.5. The highest BCUT2D eigenvalue weighted by atomic mass is 32.2. The van der Waals surface area contributed by atoms with Gasteiger partial charge >= 0.3 is 5.97 Å². The van der Waals surface area contributed by atoms with Gasteiger partial charge in [-0.3, -0.25) is 9.59 Å². The van der Waals surface area contributed by atoms with E-state index >= 15 is 0 Å². The van der Waals surface area contributed by atoms with Gasteiger partial charge in [0.2, 0.25) is 0 Å². The van der Waals surface area contributed by atoms with E-state index in [0.29, 0.717) is 30.1 Å². The molecular weight excluding hydrogens is 496 g/mol. The number of rotatable bonds is 10. The molecule has 0 bridgehead atoms. The highest BCUT2D eigenvalue weighted by Gasteiger charge is 2.59. The molecule has 1 heterocycles. The number of esters is 1. The van der Waals surface area contributed by atoms with E-state index in [2.05, 4.69) is 27.7 Å². The van der Waals surface area contributed by atoms with Crippen molar-refractivity contribution in [2.75, 3.05) is 5.75 Å². The summed E-state index contributed by atoms with van der Waals surface area (Å²) < 4.78 is 31.8. The van der Waals surface area contributed by atoms with Gasteiger partial charge < -0.3 is 4.74 Å². The molecule has 0 N–H and O–H groups in total. The lowest BCUT2D eigenvalue weighted by Crippen LogP contribution is -2.51. The molecule has 3 fully saturated rings. The monoisotopic (exact) mass is 544 g/mol. The summed E-state index contributed by atoms with van der Waals surface area (Å²) in [5, 5.41) is 0. The van der Waals surface area contributed by atoms with Gasteiger partial charge in [-0.15, -0.1) is 0 Å². The first-order chi connectivity index (χ1) is 17.9. The lowest BCUT2D eigenvalue weighted by Gasteiger charge is -2.53. The lowest BCUT2D eigenvalue weighted by molar-refractivity contribution is -0.168. The number of carbonyl (C=O) groups excluding carboxylic acids is 2. The van der Waals surface area contributed by atoms with Crippen LogP contribution in [0, 0.1) is 40.9 Å². The van der Waals surface area contributed by atoms with Crippen molar-refractivity contribution in [3.63, 3.8) is 0 Å². The molecule has 4 rings (SSSR count). The van der Waals surface area contributed by atoms with Gasteiger partial charge in [-0.1, -0.05) is 65.2 Å². The molecule has 2 saturated carbocycles. The van der Waals surface area contributed by atoms with Crippen LogP contribution >= 0.6 is 0 Å². The first-order valence-corrected chi connectivity index (χ1v) is 16.5. The van der Waals surface area contributed by atoms with E-state index in [4.69, 9.17) is 4.74 Å². The van der Waals surface area contributed by atoms with Crippen molar-refractivity contribution in [1.82, 2.24) is 0 Å². The van der Waals surface area contributed by atoms with Crippen LogP contribution in [0.2, 0.25) is 0 Å². The first kappa shape index (κ1) is 29.3. The van der Waals surface area contributed by atoms with Gasteiger partial charge in [-0.05, 0) is 86.2 Å². The van der Waals surface area contributed by atoms with E-state index in [0.717, 1.165) is 25.2 Å². The summed E-state index contributed by atoms with van der Waals surface area (Å²) in [4.78, 5) is 26.2. The van der Waals surface area contributed by atoms with E-state index in [1.165, 1.54) is 44.2 Å². The summed E-state index contributed by atoms with van der Waals surface area (Å²) in [5.41, 5.74) is -0.697. The molecule has 1 aliphatic heterocycles. The Morgan fingerprint density at radius 1 is 1.00 bits per heavy atom. The highest BCUT2D eigenvalue weighted by Crippen LogP contribution is 2.64. The maximum absolute atomic E-state index is 13.2. The van der Waals surface area contributed by atoms with E-state index < -0.39 is 21.2 Å². The fourth-order valence-electron chi connectivity index (χ4n) is 8.68. The number of fused-ring (bicyclic) bond motifs is 3. The van der Waals surface area contributed by atoms with Crippen molar-refractivity contribution in [3.8, 4) is 0 Å². The van der Waals surface area contributed by atoms with Gasteiger partial charge in [0.25, 0.3) is 0 Å². The van der Waals surface area contributed by atoms with Crippen molar-refractivity contribution in [3.05, 3.63) is 30.3 Å². The topological polar surface area (TPSA) is 77.5 Å². The van der Waals surface area contributed by atoms with Crippen molar-refractivity contribution in [1.29, 1.82) is 0 Å². The zero-order valence-electron chi connectivity index (χ0n) is 24.1. The third-order valence-electron chi connectivity index (χ3n) is 10.5. The number of ether oxygens (including phenoxy) is 1. The molecule has 1 aromatic rings. The number of hydrogen-bond acceptors (Lipinski definition) is 5. The van der Waals surface area contributed by atoms with Crippen LogP contribution in [0.4, 0.5) is 0 Å². The average Bonchev–Trinajstić information content (AvgIpc) is 3.13. The molecule has 38 heavy (non-hydrogen) atoms. The number of carbonyl (C=O) groups is 2. The Balaban J connectivity index is 1.50. The maximum Gasteiger partial charge on any atom is 0.306 e. The minimum Gasteiger partial charge on any atom is -0.459 e. The second-order valence-electron chi connectivity index (χ2n) is 13.5. The van der Waals surface area contributed by atoms with Gasteiger partial charge in [0.15, 0.2) is 15.6 Å². The molecule has 5 nitrogen and oxygen atoms in total. The second kappa shape index (κ2) is 11.4. The zero-order valence-corrected chi connectivity index (χ0v) is 24.9. The van der Waals surface area contributed by atoms with E-state index in [-0.39, 0.29) is 34.4 Å². The van der Waals surface area contributed by atoms with Crippen molar-refractivity contribution >= 4 is 21.6 Å². The third-order valence-corrected chi connectivity index (χ3v) is 12.1. The summed E-state index contributed by atoms with van der Waals surface area (Å²) >= 11 is 0. The molecule has 7 atom stereocenters. The smallest absolute Gasteiger partial charge is 0.306 e. The van der Waals surface area contributed by atoms with Gasteiger partial charge in [0.1, 0.15) is 11.4 Å². The van der Waals surface area contributed by atoms with Crippen molar-refractivity contribution in [2.24, 2.45) is 40.9 Å². The normalized spacial score (nSPS) is 34.2. The van der Waals surface area contributed by atoms with Gasteiger partial charge in [-0.2, -0.15) is 0 Å². The fourth-order valence-corrected chi connectivity index (χ4v) is 9.94. The Hall–Kier alpha value is -1.69. The number of hydrogen-bond donors (Lipinski definition) is 0. The maximum atomic E-state index is 13.2. The van der Waals surface area contributed by atoms with Gasteiger partial charge in [-0.25, -0.2) is 8.42 Å². The lowest BCUT2D eigenvalue weighted by atomic mass is 9.53. The quantitative estimate of drug-likeness (QED) is 0.295. The predicted molar refractivity (Wildman–Crippen MR) is 150 cm³/mol. The Morgan fingerprint density at radius 2 is 1.71 bits per heavy atom. The molecular formula is C32H48O5S. The van der Waals surface area contributed by atoms with Crippen LogP contribution in [0.25, 0.3) is 0 Å². The summed E-state index contributed by atoms with van der Waals surface area (Å²) in [7, 11) is -3.73. The first-order valence-electron chi connectivity index (χ1n) is 14.9. The SMILES string of the molecule is CC(C)CCC[C@@H](C)[C@H]1CC[C@H]2[C@@H]3CCC(=O)O[C@](C)(CC(=O)CS(=O)(=O)c4ccccc4)[C@H]3CC[C@]12C. The fraction of sp³-hybridized carbons (Fsp3) is 0.750. The van der Waals surface area contributed by atoms with Crippen LogP contribution in [0.5, 0.6) is 0 Å². The Bertz CT molecular complexity index is 1100. The summed E-state index contributed by atoms with van der Waals surface area (Å²) in [6.45, 7) is 11.4. The van der Waals surface area contributed by atoms with Crippen LogP contribution in [0.15, 0.2) is 35.2 Å². The Labute approximate surface area is 230 Å². The molecule has 0 unspecified atom stereocenters. The number of sulfone groups is 1. The van der Waals surface area contributed by atoms with E-state index in [1.54, 1.807) is 18.2 Å². The number of cyclic esters (lactones) is 1. The average molecular weight is 545 g/mol. The molecule has 0 radical (unpaired) electrons. The van der Waals surface area contributed by atoms with Crippen molar-refractivity contribution < 1.29 is 22.7 Å². The zero-order chi connectivity index (χ0) is 27.7. The minimum atomic E-state index is -3.73. The Morgan fingerprint density at radius 3 is 2.39 bits per heavy atom. The van der Waals surface area contributed by atoms with Crippen LogP contribution in [-0.2, 0) is 24.2 Å². The molecule has 1 aromatic carbocycles. The van der Waals surface area contributed by atoms with Crippen molar-refractivity contribution in [2.45, 2.75) is 109 Å². The Kier molecular flexibility index (Phi) is 8.81. The van der Waals surface area contributed by atoms with Gasteiger partial charge in [0, 0.05) is 18.8 Å². The van der Waals surface area contributed by atoms with E-state index in [9.17, 15) is 18.0 Å². The largest absolute Gasteiger partial charge is 0.459 e. The number of ketones is 1. The highest BCUT2D eigenvalue weighted by molar-refractivity contribution is 7.92. The molecule has 1 saturated heterocycles. The minimum absolute atomic E-state index is 0.0373. The predicted octanol–water partition coefficient (Wildman–Crippen LogP) is 7.04. The molecule has 0 amide bonds. The molecule has 3 aliphatic rings. The molecule has 2 aliphatic carbocycles. The van der Waals surface area contributed by atoms with E-state index in [1.807, 2.05) is 6.92 Å². The summed E-state index contributed by atoms with van der Waals surface area (Å²) in [6.07, 6.45) is 9.44. The van der Waals surface area contributed by atoms with Crippen LogP contribution in [-0.4, -0.2) is 31.5 Å². The molecule has 0 spiro atoms. The third kappa shape index (κ3) is 6.05. The number of Topliss-reactive ketones (excluding diaryl/α,β-unsaturated/α-hetero) is 1. The van der Waals surface area contributed by atoms with Crippen LogP contribution < -0.4 is 0 Å².